The highest BCUT2D eigenvalue weighted by atomic mass is 32.2. The topological polar surface area (TPSA) is 35.6 Å². The van der Waals surface area contributed by atoms with Crippen LogP contribution in [-0.4, -0.2) is 54.1 Å². The minimum absolute atomic E-state index is 0.0423. The zero-order valence-electron chi connectivity index (χ0n) is 14.1. The van der Waals surface area contributed by atoms with Crippen LogP contribution in [0.5, 0.6) is 0 Å². The Labute approximate surface area is 138 Å². The molecule has 0 aliphatic carbocycles. The Kier molecular flexibility index (Phi) is 5.89. The van der Waals surface area contributed by atoms with Gasteiger partial charge in [-0.2, -0.15) is 0 Å². The minimum Gasteiger partial charge on any atom is -0.347 e. The van der Waals surface area contributed by atoms with Crippen molar-refractivity contribution in [1.82, 2.24) is 14.5 Å². The fourth-order valence-electron chi connectivity index (χ4n) is 2.81. The SMILES string of the molecule is CSN1CCC(C)(NC(=O)c2cccc(CN(C)C)c2)CC1. The molecular weight excluding hydrogens is 294 g/mol. The van der Waals surface area contributed by atoms with Crippen molar-refractivity contribution in [1.29, 1.82) is 0 Å². The van der Waals surface area contributed by atoms with Crippen molar-refractivity contribution >= 4 is 17.9 Å². The molecule has 1 saturated heterocycles. The van der Waals surface area contributed by atoms with E-state index in [4.69, 9.17) is 0 Å². The molecule has 22 heavy (non-hydrogen) atoms. The van der Waals surface area contributed by atoms with E-state index >= 15 is 0 Å². The standard InChI is InChI=1S/C17H27N3OS/c1-17(8-10-20(22-4)11-9-17)18-16(21)15-7-5-6-14(12-15)13-19(2)3/h5-7,12H,8-11,13H2,1-4H3,(H,18,21). The molecule has 0 bridgehead atoms. The zero-order chi connectivity index (χ0) is 16.2. The van der Waals surface area contributed by atoms with Gasteiger partial charge >= 0.3 is 0 Å². The third kappa shape index (κ3) is 4.73. The lowest BCUT2D eigenvalue weighted by atomic mass is 9.90. The first kappa shape index (κ1) is 17.3. The van der Waals surface area contributed by atoms with E-state index in [1.165, 1.54) is 5.56 Å². The Hall–Kier alpha value is -1.04. The number of nitrogens with zero attached hydrogens (tertiary/aromatic N) is 2. The Balaban J connectivity index is 2.00. The van der Waals surface area contributed by atoms with E-state index in [1.807, 2.05) is 32.3 Å². The van der Waals surface area contributed by atoms with Crippen molar-refractivity contribution in [2.45, 2.75) is 31.8 Å². The van der Waals surface area contributed by atoms with E-state index in [9.17, 15) is 4.79 Å². The van der Waals surface area contributed by atoms with Gasteiger partial charge in [-0.1, -0.05) is 24.1 Å². The van der Waals surface area contributed by atoms with Gasteiger partial charge in [0.2, 0.25) is 0 Å². The lowest BCUT2D eigenvalue weighted by molar-refractivity contribution is 0.0873. The first-order valence-corrected chi connectivity index (χ1v) is 8.95. The number of hydrogen-bond acceptors (Lipinski definition) is 4. The average Bonchev–Trinajstić information content (AvgIpc) is 2.47. The molecule has 1 aliphatic heterocycles. The quantitative estimate of drug-likeness (QED) is 0.846. The normalized spacial score (nSPS) is 18.4. The predicted octanol–water partition coefficient (Wildman–Crippen LogP) is 2.61. The van der Waals surface area contributed by atoms with Gasteiger partial charge in [0.15, 0.2) is 0 Å². The average molecular weight is 321 g/mol. The predicted molar refractivity (Wildman–Crippen MR) is 94.0 cm³/mol. The summed E-state index contributed by atoms with van der Waals surface area (Å²) in [7, 11) is 4.07. The van der Waals surface area contributed by atoms with Gasteiger partial charge in [-0.25, -0.2) is 0 Å². The number of hydrogen-bond donors (Lipinski definition) is 1. The monoisotopic (exact) mass is 321 g/mol. The van der Waals surface area contributed by atoms with Gasteiger partial charge in [-0.15, -0.1) is 0 Å². The van der Waals surface area contributed by atoms with Crippen molar-refractivity contribution in [3.63, 3.8) is 0 Å². The Morgan fingerprint density at radius 2 is 2.05 bits per heavy atom. The lowest BCUT2D eigenvalue weighted by Gasteiger charge is -2.39. The van der Waals surface area contributed by atoms with Gasteiger partial charge in [-0.3, -0.25) is 9.10 Å². The molecule has 0 spiro atoms. The van der Waals surface area contributed by atoms with Crippen LogP contribution in [0.4, 0.5) is 0 Å². The second-order valence-corrected chi connectivity index (χ2v) is 7.45. The second kappa shape index (κ2) is 7.49. The summed E-state index contributed by atoms with van der Waals surface area (Å²) >= 11 is 1.79. The molecule has 0 unspecified atom stereocenters. The zero-order valence-corrected chi connectivity index (χ0v) is 14.9. The van der Waals surface area contributed by atoms with Crippen LogP contribution in [0.1, 0.15) is 35.7 Å². The molecule has 2 rings (SSSR count). The minimum atomic E-state index is -0.0964. The van der Waals surface area contributed by atoms with Crippen molar-refractivity contribution in [3.8, 4) is 0 Å². The van der Waals surface area contributed by atoms with Gasteiger partial charge in [0.1, 0.15) is 0 Å². The fourth-order valence-corrected chi connectivity index (χ4v) is 3.36. The third-order valence-corrected chi connectivity index (χ3v) is 5.07. The highest BCUT2D eigenvalue weighted by Crippen LogP contribution is 2.25. The van der Waals surface area contributed by atoms with Crippen LogP contribution in [0.25, 0.3) is 0 Å². The first-order valence-electron chi connectivity index (χ1n) is 7.77. The maximum absolute atomic E-state index is 12.6. The summed E-state index contributed by atoms with van der Waals surface area (Å²) in [5.41, 5.74) is 1.83. The summed E-state index contributed by atoms with van der Waals surface area (Å²) in [5.74, 6) is 0.0423. The van der Waals surface area contributed by atoms with E-state index < -0.39 is 0 Å². The molecular formula is C17H27N3OS. The Morgan fingerprint density at radius 3 is 2.64 bits per heavy atom. The molecule has 1 aliphatic rings. The number of benzene rings is 1. The fraction of sp³-hybridized carbons (Fsp3) is 0.588. The van der Waals surface area contributed by atoms with Gasteiger partial charge in [0.05, 0.1) is 0 Å². The van der Waals surface area contributed by atoms with Gasteiger partial charge in [-0.05, 0) is 57.8 Å². The number of carbonyl (C=O) groups excluding carboxylic acids is 1. The molecule has 1 fully saturated rings. The van der Waals surface area contributed by atoms with Crippen LogP contribution in [0.15, 0.2) is 24.3 Å². The Bertz CT molecular complexity index is 510. The molecule has 1 aromatic rings. The molecule has 1 amide bonds. The highest BCUT2D eigenvalue weighted by molar-refractivity contribution is 7.96. The summed E-state index contributed by atoms with van der Waals surface area (Å²) in [6.45, 7) is 5.06. The van der Waals surface area contributed by atoms with Gasteiger partial charge in [0, 0.05) is 30.7 Å². The van der Waals surface area contributed by atoms with Crippen LogP contribution in [0, 0.1) is 0 Å². The van der Waals surface area contributed by atoms with Gasteiger partial charge in [0.25, 0.3) is 5.91 Å². The van der Waals surface area contributed by atoms with E-state index in [1.54, 1.807) is 11.9 Å². The van der Waals surface area contributed by atoms with Crippen molar-refractivity contribution in [2.24, 2.45) is 0 Å². The van der Waals surface area contributed by atoms with E-state index in [0.29, 0.717) is 0 Å². The molecule has 122 valence electrons. The van der Waals surface area contributed by atoms with Crippen LogP contribution in [0.2, 0.25) is 0 Å². The molecule has 0 radical (unpaired) electrons. The molecule has 0 aromatic heterocycles. The van der Waals surface area contributed by atoms with E-state index in [-0.39, 0.29) is 11.4 Å². The summed E-state index contributed by atoms with van der Waals surface area (Å²) in [4.78, 5) is 14.7. The maximum atomic E-state index is 12.6. The Morgan fingerprint density at radius 1 is 1.36 bits per heavy atom. The van der Waals surface area contributed by atoms with E-state index in [2.05, 4.69) is 33.8 Å². The number of amides is 1. The summed E-state index contributed by atoms with van der Waals surface area (Å²) in [6, 6.07) is 7.92. The van der Waals surface area contributed by atoms with Crippen molar-refractivity contribution < 1.29 is 4.79 Å². The molecule has 5 heteroatoms. The molecule has 4 nitrogen and oxygen atoms in total. The number of piperidine rings is 1. The van der Waals surface area contributed by atoms with Crippen LogP contribution >= 0.6 is 11.9 Å². The second-order valence-electron chi connectivity index (χ2n) is 6.56. The van der Waals surface area contributed by atoms with Crippen molar-refractivity contribution in [3.05, 3.63) is 35.4 Å². The third-order valence-electron chi connectivity index (χ3n) is 4.19. The van der Waals surface area contributed by atoms with Crippen molar-refractivity contribution in [2.75, 3.05) is 33.4 Å². The van der Waals surface area contributed by atoms with E-state index in [0.717, 1.165) is 38.0 Å². The first-order chi connectivity index (χ1) is 10.4. The molecule has 1 N–H and O–H groups in total. The van der Waals surface area contributed by atoms with Crippen LogP contribution in [0.3, 0.4) is 0 Å². The van der Waals surface area contributed by atoms with Gasteiger partial charge < -0.3 is 10.2 Å². The number of rotatable bonds is 5. The summed E-state index contributed by atoms with van der Waals surface area (Å²) in [6.07, 6.45) is 4.10. The number of nitrogens with one attached hydrogen (secondary N) is 1. The summed E-state index contributed by atoms with van der Waals surface area (Å²) in [5, 5.41) is 3.25. The molecule has 1 aromatic carbocycles. The molecule has 0 saturated carbocycles. The smallest absolute Gasteiger partial charge is 0.251 e. The lowest BCUT2D eigenvalue weighted by Crippen LogP contribution is -2.52. The highest BCUT2D eigenvalue weighted by Gasteiger charge is 2.31. The maximum Gasteiger partial charge on any atom is 0.251 e. The largest absolute Gasteiger partial charge is 0.347 e. The van der Waals surface area contributed by atoms with Crippen LogP contribution < -0.4 is 5.32 Å². The van der Waals surface area contributed by atoms with Crippen LogP contribution in [-0.2, 0) is 6.54 Å². The number of carbonyl (C=O) groups is 1. The molecule has 1 heterocycles. The molecule has 0 atom stereocenters. The summed E-state index contributed by atoms with van der Waals surface area (Å²) < 4.78 is 2.35.